The van der Waals surface area contributed by atoms with E-state index in [2.05, 4.69) is 50.9 Å². The van der Waals surface area contributed by atoms with Crippen LogP contribution in [0.1, 0.15) is 51.1 Å². The molecular weight excluding hydrogens is 501 g/mol. The van der Waals surface area contributed by atoms with Crippen LogP contribution in [0.5, 0.6) is 5.75 Å². The summed E-state index contributed by atoms with van der Waals surface area (Å²) < 4.78 is 18.1. The average Bonchev–Trinajstić information content (AvgIpc) is 3.11. The Morgan fingerprint density at radius 2 is 1.77 bits per heavy atom. The zero-order valence-electron chi connectivity index (χ0n) is 22.0. The fourth-order valence-electron chi connectivity index (χ4n) is 3.46. The topological polar surface area (TPSA) is 70.3 Å². The Labute approximate surface area is 219 Å². The van der Waals surface area contributed by atoms with Crippen molar-refractivity contribution in [2.45, 2.75) is 79.1 Å². The molecular formula is C26H35Cl2N3O3Si. The number of rotatable bonds is 8. The molecule has 0 fully saturated rings. The second kappa shape index (κ2) is 10.6. The summed E-state index contributed by atoms with van der Waals surface area (Å²) in [6, 6.07) is 5.48. The maximum atomic E-state index is 6.56. The standard InChI is InChI=1S/C26H35Cl2N3O3Si/c1-10-18(34-35(8,9)26(5,6)7)14-32-19-11-12-21(27)20(13-19)25-29-23(15(2)24(28)30-25)22-16(3)31-33-17(22)4/h11-13,18H,10,14H2,1-9H3/t18-/m1/s1. The number of nitrogens with zero attached hydrogens (tertiary/aromatic N) is 3. The van der Waals surface area contributed by atoms with Crippen molar-refractivity contribution in [2.24, 2.45) is 0 Å². The summed E-state index contributed by atoms with van der Waals surface area (Å²) in [5.41, 5.74) is 3.61. The van der Waals surface area contributed by atoms with E-state index in [0.29, 0.717) is 45.4 Å². The van der Waals surface area contributed by atoms with Gasteiger partial charge in [0.05, 0.1) is 28.1 Å². The van der Waals surface area contributed by atoms with E-state index in [9.17, 15) is 0 Å². The summed E-state index contributed by atoms with van der Waals surface area (Å²) in [5.74, 6) is 1.75. The largest absolute Gasteiger partial charge is 0.491 e. The maximum absolute atomic E-state index is 6.56. The third-order valence-electron chi connectivity index (χ3n) is 6.69. The van der Waals surface area contributed by atoms with Gasteiger partial charge in [-0.3, -0.25) is 0 Å². The lowest BCUT2D eigenvalue weighted by Gasteiger charge is -2.39. The predicted octanol–water partition coefficient (Wildman–Crippen LogP) is 8.21. The van der Waals surface area contributed by atoms with Crippen LogP contribution in [0.25, 0.3) is 22.6 Å². The molecule has 0 unspecified atom stereocenters. The fourth-order valence-corrected chi connectivity index (χ4v) is 5.25. The molecule has 0 aliphatic rings. The van der Waals surface area contributed by atoms with Gasteiger partial charge in [-0.25, -0.2) is 9.97 Å². The first kappa shape index (κ1) is 27.7. The molecule has 0 spiro atoms. The van der Waals surface area contributed by atoms with Crippen LogP contribution in [0.3, 0.4) is 0 Å². The van der Waals surface area contributed by atoms with Crippen LogP contribution < -0.4 is 4.74 Å². The highest BCUT2D eigenvalue weighted by molar-refractivity contribution is 6.74. The number of ether oxygens (including phenoxy) is 1. The van der Waals surface area contributed by atoms with Crippen molar-refractivity contribution in [3.8, 4) is 28.4 Å². The molecule has 9 heteroatoms. The van der Waals surface area contributed by atoms with Gasteiger partial charge in [0.15, 0.2) is 14.1 Å². The molecule has 0 radical (unpaired) electrons. The van der Waals surface area contributed by atoms with Gasteiger partial charge < -0.3 is 13.7 Å². The smallest absolute Gasteiger partial charge is 0.192 e. The van der Waals surface area contributed by atoms with Crippen molar-refractivity contribution >= 4 is 31.5 Å². The maximum Gasteiger partial charge on any atom is 0.192 e. The highest BCUT2D eigenvalue weighted by Crippen LogP contribution is 2.38. The summed E-state index contributed by atoms with van der Waals surface area (Å²) in [6.45, 7) is 19.4. The Kier molecular flexibility index (Phi) is 8.36. The van der Waals surface area contributed by atoms with Gasteiger partial charge in [-0.1, -0.05) is 56.1 Å². The molecule has 2 heterocycles. The van der Waals surface area contributed by atoms with Crippen molar-refractivity contribution < 1.29 is 13.7 Å². The van der Waals surface area contributed by atoms with Gasteiger partial charge in [0.2, 0.25) is 0 Å². The van der Waals surface area contributed by atoms with Crippen molar-refractivity contribution in [3.63, 3.8) is 0 Å². The Morgan fingerprint density at radius 3 is 2.34 bits per heavy atom. The number of halogens is 2. The molecule has 0 bridgehead atoms. The second-order valence-electron chi connectivity index (χ2n) is 10.4. The van der Waals surface area contributed by atoms with E-state index in [1.54, 1.807) is 6.07 Å². The highest BCUT2D eigenvalue weighted by Gasteiger charge is 2.39. The van der Waals surface area contributed by atoms with E-state index in [1.165, 1.54) is 0 Å². The third kappa shape index (κ3) is 6.08. The molecule has 0 N–H and O–H groups in total. The van der Waals surface area contributed by atoms with Gasteiger partial charge in [-0.05, 0) is 63.5 Å². The van der Waals surface area contributed by atoms with Gasteiger partial charge in [0.25, 0.3) is 0 Å². The van der Waals surface area contributed by atoms with Crippen LogP contribution in [0.4, 0.5) is 0 Å². The summed E-state index contributed by atoms with van der Waals surface area (Å²) >= 11 is 13.1. The number of hydrogen-bond donors (Lipinski definition) is 0. The normalized spacial score (nSPS) is 13.2. The van der Waals surface area contributed by atoms with Gasteiger partial charge in [0.1, 0.15) is 23.3 Å². The summed E-state index contributed by atoms with van der Waals surface area (Å²) in [6.07, 6.45) is 0.871. The first-order valence-corrected chi connectivity index (χ1v) is 15.5. The van der Waals surface area contributed by atoms with Crippen LogP contribution in [-0.2, 0) is 4.43 Å². The average molecular weight is 537 g/mol. The first-order valence-electron chi connectivity index (χ1n) is 11.8. The zero-order chi connectivity index (χ0) is 26.1. The Morgan fingerprint density at radius 1 is 1.09 bits per heavy atom. The molecule has 3 aromatic rings. The molecule has 3 rings (SSSR count). The van der Waals surface area contributed by atoms with Gasteiger partial charge >= 0.3 is 0 Å². The lowest BCUT2D eigenvalue weighted by atomic mass is 10.1. The Balaban J connectivity index is 1.90. The minimum Gasteiger partial charge on any atom is -0.491 e. The number of aromatic nitrogens is 3. The number of aryl methyl sites for hydroxylation is 2. The molecule has 190 valence electrons. The van der Waals surface area contributed by atoms with Crippen LogP contribution in [0.2, 0.25) is 28.3 Å². The van der Waals surface area contributed by atoms with Crippen molar-refractivity contribution in [1.82, 2.24) is 15.1 Å². The molecule has 0 saturated heterocycles. The Bertz CT molecular complexity index is 1190. The lowest BCUT2D eigenvalue weighted by molar-refractivity contribution is 0.112. The van der Waals surface area contributed by atoms with E-state index < -0.39 is 8.32 Å². The van der Waals surface area contributed by atoms with Crippen LogP contribution in [-0.4, -0.2) is 36.2 Å². The number of hydrogen-bond acceptors (Lipinski definition) is 6. The minimum absolute atomic E-state index is 0.00577. The van der Waals surface area contributed by atoms with Gasteiger partial charge in [0, 0.05) is 11.1 Å². The second-order valence-corrected chi connectivity index (χ2v) is 15.9. The summed E-state index contributed by atoms with van der Waals surface area (Å²) in [4.78, 5) is 9.31. The lowest BCUT2D eigenvalue weighted by Crippen LogP contribution is -2.45. The van der Waals surface area contributed by atoms with Gasteiger partial charge in [-0.15, -0.1) is 0 Å². The number of benzene rings is 1. The molecule has 0 aliphatic carbocycles. The van der Waals surface area contributed by atoms with Crippen molar-refractivity contribution in [2.75, 3.05) is 6.61 Å². The fraction of sp³-hybridized carbons (Fsp3) is 0.500. The first-order chi connectivity index (χ1) is 16.2. The van der Waals surface area contributed by atoms with E-state index in [1.807, 2.05) is 32.9 Å². The summed E-state index contributed by atoms with van der Waals surface area (Å²) in [5, 5.41) is 5.04. The zero-order valence-corrected chi connectivity index (χ0v) is 24.6. The molecule has 2 aromatic heterocycles. The molecule has 0 saturated carbocycles. The quantitative estimate of drug-likeness (QED) is 0.213. The van der Waals surface area contributed by atoms with Crippen molar-refractivity contribution in [1.29, 1.82) is 0 Å². The molecule has 1 aromatic carbocycles. The molecule has 0 aliphatic heterocycles. The minimum atomic E-state index is -1.90. The van der Waals surface area contributed by atoms with Crippen molar-refractivity contribution in [3.05, 3.63) is 45.4 Å². The SMILES string of the molecule is CC[C@H](COc1ccc(Cl)c(-c2nc(Cl)c(C)c(-c3c(C)noc3C)n2)c1)O[Si](C)(C)C(C)(C)C. The molecule has 0 amide bonds. The predicted molar refractivity (Wildman–Crippen MR) is 145 cm³/mol. The Hall–Kier alpha value is -1.93. The van der Waals surface area contributed by atoms with E-state index in [0.717, 1.165) is 23.2 Å². The van der Waals surface area contributed by atoms with Crippen LogP contribution in [0, 0.1) is 20.8 Å². The van der Waals surface area contributed by atoms with E-state index >= 15 is 0 Å². The molecule has 35 heavy (non-hydrogen) atoms. The monoisotopic (exact) mass is 535 g/mol. The highest BCUT2D eigenvalue weighted by atomic mass is 35.5. The molecule has 1 atom stereocenters. The van der Waals surface area contributed by atoms with Crippen LogP contribution in [0.15, 0.2) is 22.7 Å². The third-order valence-corrected chi connectivity index (χ3v) is 11.9. The van der Waals surface area contributed by atoms with E-state index in [4.69, 9.17) is 41.9 Å². The summed E-state index contributed by atoms with van der Waals surface area (Å²) in [7, 11) is -1.90. The molecule has 6 nitrogen and oxygen atoms in total. The van der Waals surface area contributed by atoms with Crippen LogP contribution >= 0.6 is 23.2 Å². The van der Waals surface area contributed by atoms with Gasteiger partial charge in [-0.2, -0.15) is 0 Å². The van der Waals surface area contributed by atoms with E-state index in [-0.39, 0.29) is 11.1 Å².